The van der Waals surface area contributed by atoms with Gasteiger partial charge in [-0.3, -0.25) is 0 Å². The van der Waals surface area contributed by atoms with E-state index < -0.39 is 6.10 Å². The lowest BCUT2D eigenvalue weighted by molar-refractivity contribution is 0.213. The summed E-state index contributed by atoms with van der Waals surface area (Å²) in [5, 5.41) is 11.1. The van der Waals surface area contributed by atoms with Crippen molar-refractivity contribution in [2.45, 2.75) is 19.4 Å². The van der Waals surface area contributed by atoms with Gasteiger partial charge in [0.05, 0.1) is 6.61 Å². The Hall–Kier alpha value is -1.58. The average molecular weight is 293 g/mol. The molecule has 2 aromatic carbocycles. The molecule has 1 N–H and O–H groups in total. The Bertz CT molecular complexity index is 650. The second-order valence-electron chi connectivity index (χ2n) is 5.05. The SMILES string of the molecule is Cc1cc(F)cc(C(O)c2cc(Cl)cc3c2OCC3)c1. The van der Waals surface area contributed by atoms with Gasteiger partial charge >= 0.3 is 0 Å². The summed E-state index contributed by atoms with van der Waals surface area (Å²) in [5.74, 6) is 0.308. The first kappa shape index (κ1) is 13.4. The van der Waals surface area contributed by atoms with Crippen LogP contribution in [0.2, 0.25) is 5.02 Å². The summed E-state index contributed by atoms with van der Waals surface area (Å²) in [5.41, 5.74) is 2.84. The fourth-order valence-electron chi connectivity index (χ4n) is 2.60. The van der Waals surface area contributed by atoms with Gasteiger partial charge < -0.3 is 9.84 Å². The van der Waals surface area contributed by atoms with Gasteiger partial charge in [0, 0.05) is 17.0 Å². The molecular weight excluding hydrogens is 279 g/mol. The summed E-state index contributed by atoms with van der Waals surface area (Å²) in [6.45, 7) is 2.37. The van der Waals surface area contributed by atoms with Crippen molar-refractivity contribution in [2.24, 2.45) is 0 Å². The van der Waals surface area contributed by atoms with Crippen LogP contribution < -0.4 is 4.74 Å². The minimum absolute atomic E-state index is 0.362. The van der Waals surface area contributed by atoms with E-state index in [1.165, 1.54) is 12.1 Å². The van der Waals surface area contributed by atoms with Gasteiger partial charge in [-0.2, -0.15) is 0 Å². The molecule has 4 heteroatoms. The number of benzene rings is 2. The molecule has 0 spiro atoms. The number of halogens is 2. The number of hydrogen-bond acceptors (Lipinski definition) is 2. The molecule has 0 aliphatic carbocycles. The fourth-order valence-corrected chi connectivity index (χ4v) is 2.85. The van der Waals surface area contributed by atoms with E-state index in [1.807, 2.05) is 6.07 Å². The molecule has 2 aromatic rings. The third-order valence-electron chi connectivity index (χ3n) is 3.45. The molecule has 0 bridgehead atoms. The molecule has 0 saturated carbocycles. The molecule has 0 aromatic heterocycles. The molecule has 2 nitrogen and oxygen atoms in total. The fraction of sp³-hybridized carbons (Fsp3) is 0.250. The number of fused-ring (bicyclic) bond motifs is 1. The van der Waals surface area contributed by atoms with Crippen molar-refractivity contribution >= 4 is 11.6 Å². The summed E-state index contributed by atoms with van der Waals surface area (Å²) >= 11 is 6.08. The van der Waals surface area contributed by atoms with Crippen LogP contribution in [0.5, 0.6) is 5.75 Å². The van der Waals surface area contributed by atoms with Crippen molar-refractivity contribution in [2.75, 3.05) is 6.61 Å². The van der Waals surface area contributed by atoms with Gasteiger partial charge in [0.25, 0.3) is 0 Å². The minimum Gasteiger partial charge on any atom is -0.493 e. The largest absolute Gasteiger partial charge is 0.493 e. The molecule has 1 aliphatic heterocycles. The lowest BCUT2D eigenvalue weighted by atomic mass is 9.97. The van der Waals surface area contributed by atoms with E-state index in [-0.39, 0.29) is 5.82 Å². The zero-order valence-corrected chi connectivity index (χ0v) is 11.7. The van der Waals surface area contributed by atoms with E-state index in [0.29, 0.717) is 28.5 Å². The van der Waals surface area contributed by atoms with Crippen molar-refractivity contribution < 1.29 is 14.2 Å². The van der Waals surface area contributed by atoms with E-state index in [0.717, 1.165) is 17.5 Å². The minimum atomic E-state index is -0.949. The lowest BCUT2D eigenvalue weighted by Gasteiger charge is -2.16. The standard InChI is InChI=1S/C16H14ClFO2/c1-9-4-11(7-13(18)5-9)15(19)14-8-12(17)6-10-2-3-20-16(10)14/h4-8,15,19H,2-3H2,1H3. The highest BCUT2D eigenvalue weighted by Crippen LogP contribution is 2.38. The average Bonchev–Trinajstić information content (AvgIpc) is 2.83. The Balaban J connectivity index is 2.08. The van der Waals surface area contributed by atoms with Crippen molar-refractivity contribution in [3.63, 3.8) is 0 Å². The maximum Gasteiger partial charge on any atom is 0.128 e. The number of ether oxygens (including phenoxy) is 1. The highest BCUT2D eigenvalue weighted by atomic mass is 35.5. The molecule has 1 aliphatic rings. The second-order valence-corrected chi connectivity index (χ2v) is 5.48. The van der Waals surface area contributed by atoms with Crippen LogP contribution in [0.3, 0.4) is 0 Å². The molecule has 0 saturated heterocycles. The summed E-state index contributed by atoms with van der Waals surface area (Å²) in [4.78, 5) is 0. The lowest BCUT2D eigenvalue weighted by Crippen LogP contribution is -2.03. The highest BCUT2D eigenvalue weighted by Gasteiger charge is 2.23. The zero-order valence-electron chi connectivity index (χ0n) is 11.0. The molecule has 20 heavy (non-hydrogen) atoms. The highest BCUT2D eigenvalue weighted by molar-refractivity contribution is 6.30. The molecule has 1 atom stereocenters. The van der Waals surface area contributed by atoms with Crippen molar-refractivity contribution in [1.82, 2.24) is 0 Å². The predicted octanol–water partition coefficient (Wildman–Crippen LogP) is 3.80. The molecule has 0 radical (unpaired) electrons. The molecule has 3 rings (SSSR count). The number of rotatable bonds is 2. The summed E-state index contributed by atoms with van der Waals surface area (Å²) in [7, 11) is 0. The molecule has 1 heterocycles. The summed E-state index contributed by atoms with van der Waals surface area (Å²) in [6.07, 6.45) is -0.174. The van der Waals surface area contributed by atoms with Crippen molar-refractivity contribution in [1.29, 1.82) is 0 Å². The van der Waals surface area contributed by atoms with Crippen molar-refractivity contribution in [3.8, 4) is 5.75 Å². The number of hydrogen-bond donors (Lipinski definition) is 1. The van der Waals surface area contributed by atoms with Gasteiger partial charge in [0.15, 0.2) is 0 Å². The first-order chi connectivity index (χ1) is 9.54. The molecule has 1 unspecified atom stereocenters. The van der Waals surface area contributed by atoms with Gasteiger partial charge in [0.1, 0.15) is 17.7 Å². The maximum absolute atomic E-state index is 13.5. The molecule has 0 fully saturated rings. The van der Waals surface area contributed by atoms with E-state index >= 15 is 0 Å². The number of aryl methyl sites for hydroxylation is 1. The zero-order chi connectivity index (χ0) is 14.3. The van der Waals surface area contributed by atoms with Gasteiger partial charge in [-0.15, -0.1) is 0 Å². The van der Waals surface area contributed by atoms with Crippen LogP contribution in [0.1, 0.15) is 28.4 Å². The quantitative estimate of drug-likeness (QED) is 0.912. The predicted molar refractivity (Wildman–Crippen MR) is 75.8 cm³/mol. The van der Waals surface area contributed by atoms with Crippen LogP contribution in [0.25, 0.3) is 0 Å². The summed E-state index contributed by atoms with van der Waals surface area (Å²) < 4.78 is 19.1. The smallest absolute Gasteiger partial charge is 0.128 e. The Morgan fingerprint density at radius 2 is 2.05 bits per heavy atom. The third kappa shape index (κ3) is 2.39. The van der Waals surface area contributed by atoms with E-state index in [2.05, 4.69) is 0 Å². The Labute approximate surface area is 121 Å². The molecular formula is C16H14ClFO2. The van der Waals surface area contributed by atoms with E-state index in [9.17, 15) is 9.50 Å². The van der Waals surface area contributed by atoms with Crippen LogP contribution in [-0.4, -0.2) is 11.7 Å². The Kier molecular flexibility index (Phi) is 3.40. The van der Waals surface area contributed by atoms with Crippen LogP contribution in [0.15, 0.2) is 30.3 Å². The second kappa shape index (κ2) is 5.08. The monoisotopic (exact) mass is 292 g/mol. The third-order valence-corrected chi connectivity index (χ3v) is 3.67. The number of aliphatic hydroxyl groups excluding tert-OH is 1. The first-order valence-corrected chi connectivity index (χ1v) is 6.82. The summed E-state index contributed by atoms with van der Waals surface area (Å²) in [6, 6.07) is 8.04. The van der Waals surface area contributed by atoms with Gasteiger partial charge in [-0.25, -0.2) is 4.39 Å². The maximum atomic E-state index is 13.5. The normalized spacial score (nSPS) is 14.8. The Morgan fingerprint density at radius 1 is 1.25 bits per heavy atom. The molecule has 104 valence electrons. The van der Waals surface area contributed by atoms with Gasteiger partial charge in [0.2, 0.25) is 0 Å². The van der Waals surface area contributed by atoms with Crippen molar-refractivity contribution in [3.05, 3.63) is 63.4 Å². The van der Waals surface area contributed by atoms with E-state index in [4.69, 9.17) is 16.3 Å². The van der Waals surface area contributed by atoms with Crippen LogP contribution in [-0.2, 0) is 6.42 Å². The number of aliphatic hydroxyl groups is 1. The Morgan fingerprint density at radius 3 is 2.80 bits per heavy atom. The molecule has 0 amide bonds. The first-order valence-electron chi connectivity index (χ1n) is 6.45. The van der Waals surface area contributed by atoms with Crippen LogP contribution in [0.4, 0.5) is 4.39 Å². The topological polar surface area (TPSA) is 29.5 Å². The van der Waals surface area contributed by atoms with Gasteiger partial charge in [-0.05, 0) is 47.9 Å². The van der Waals surface area contributed by atoms with E-state index in [1.54, 1.807) is 19.1 Å². The van der Waals surface area contributed by atoms with Gasteiger partial charge in [-0.1, -0.05) is 17.7 Å². The van der Waals surface area contributed by atoms with Crippen LogP contribution >= 0.6 is 11.6 Å². The van der Waals surface area contributed by atoms with Crippen LogP contribution in [0, 0.1) is 12.7 Å².